The van der Waals surface area contributed by atoms with Crippen LogP contribution in [0.15, 0.2) is 0 Å². The number of unbranched alkanes of at least 4 members (excludes halogenated alkanes) is 6. The van der Waals surface area contributed by atoms with E-state index in [1.807, 2.05) is 0 Å². The Bertz CT molecular complexity index is 501. The minimum Gasteiger partial charge on any atom is -0.300 e. The van der Waals surface area contributed by atoms with Gasteiger partial charge in [0, 0.05) is 44.9 Å². The lowest BCUT2D eigenvalue weighted by Crippen LogP contribution is -2.10. The van der Waals surface area contributed by atoms with Crippen LogP contribution in [0.2, 0.25) is 0 Å². The van der Waals surface area contributed by atoms with Gasteiger partial charge in [0.15, 0.2) is 0 Å². The first-order valence-electron chi connectivity index (χ1n) is 12.5. The Morgan fingerprint density at radius 1 is 0.633 bits per heavy atom. The van der Waals surface area contributed by atoms with Gasteiger partial charge in [-0.05, 0) is 38.0 Å². The van der Waals surface area contributed by atoms with Crippen molar-refractivity contribution in [2.24, 2.45) is 5.92 Å². The fourth-order valence-corrected chi connectivity index (χ4v) is 3.98. The van der Waals surface area contributed by atoms with Crippen LogP contribution >= 0.6 is 0 Å². The molecular weight excluding hydrogens is 372 g/mol. The number of hydrogen-bond donors (Lipinski definition) is 0. The Morgan fingerprint density at radius 3 is 1.77 bits per heavy atom. The van der Waals surface area contributed by atoms with Gasteiger partial charge in [-0.3, -0.25) is 14.4 Å². The maximum absolute atomic E-state index is 12.3. The first-order valence-corrected chi connectivity index (χ1v) is 12.5. The number of rotatable bonds is 22. The molecule has 0 aromatic heterocycles. The van der Waals surface area contributed by atoms with E-state index < -0.39 is 0 Å². The fourth-order valence-electron chi connectivity index (χ4n) is 3.98. The maximum Gasteiger partial charge on any atom is 0.133 e. The Morgan fingerprint density at radius 2 is 1.17 bits per heavy atom. The molecule has 0 bridgehead atoms. The monoisotopic (exact) mass is 418 g/mol. The van der Waals surface area contributed by atoms with E-state index in [0.29, 0.717) is 56.0 Å². The summed E-state index contributed by atoms with van der Waals surface area (Å²) in [5.41, 5.74) is 0. The minimum absolute atomic E-state index is 0.234. The molecule has 0 aromatic carbocycles. The molecule has 0 saturated heterocycles. The lowest BCUT2D eigenvalue weighted by molar-refractivity contribution is -0.120. The number of Topliss-reactive ketones (excluding diaryl/α,β-unsaturated/α-hetero) is 3. The van der Waals surface area contributed by atoms with Crippen LogP contribution in [0.1, 0.15) is 136 Å². The van der Waals surface area contributed by atoms with Crippen molar-refractivity contribution in [1.82, 2.24) is 0 Å². The van der Waals surface area contributed by atoms with Crippen LogP contribution in [0.25, 0.3) is 0 Å². The molecule has 0 amide bonds. The van der Waals surface area contributed by atoms with Crippen molar-refractivity contribution < 1.29 is 14.4 Å². The molecule has 0 rings (SSSR count). The zero-order valence-electron chi connectivity index (χ0n) is 19.8. The molecular formula is C27H46O3. The Balaban J connectivity index is 3.88. The van der Waals surface area contributed by atoms with E-state index >= 15 is 0 Å². The summed E-state index contributed by atoms with van der Waals surface area (Å²) < 4.78 is 0. The van der Waals surface area contributed by atoms with Gasteiger partial charge >= 0.3 is 0 Å². The molecule has 1 unspecified atom stereocenters. The molecule has 0 aliphatic heterocycles. The van der Waals surface area contributed by atoms with Crippen LogP contribution in [0.5, 0.6) is 0 Å². The zero-order valence-corrected chi connectivity index (χ0v) is 19.8. The molecule has 0 saturated carbocycles. The second-order valence-corrected chi connectivity index (χ2v) is 8.80. The molecule has 0 aromatic rings. The van der Waals surface area contributed by atoms with Crippen molar-refractivity contribution in [2.45, 2.75) is 136 Å². The Labute approximate surface area is 186 Å². The Kier molecular flexibility index (Phi) is 19.8. The molecule has 3 heteroatoms. The topological polar surface area (TPSA) is 51.2 Å². The smallest absolute Gasteiger partial charge is 0.133 e. The summed E-state index contributed by atoms with van der Waals surface area (Å²) in [5, 5.41) is 0. The van der Waals surface area contributed by atoms with Gasteiger partial charge in [0.2, 0.25) is 0 Å². The molecule has 0 fully saturated rings. The number of terminal acetylenes is 1. The van der Waals surface area contributed by atoms with E-state index in [0.717, 1.165) is 57.8 Å². The first-order chi connectivity index (χ1) is 14.5. The van der Waals surface area contributed by atoms with E-state index in [1.165, 1.54) is 25.7 Å². The summed E-state index contributed by atoms with van der Waals surface area (Å²) in [6.07, 6.45) is 22.1. The van der Waals surface area contributed by atoms with Crippen molar-refractivity contribution in [3.63, 3.8) is 0 Å². The number of carbonyl (C=O) groups excluding carboxylic acids is 3. The third-order valence-corrected chi connectivity index (χ3v) is 5.80. The summed E-state index contributed by atoms with van der Waals surface area (Å²) in [5.74, 6) is 3.89. The van der Waals surface area contributed by atoms with Gasteiger partial charge in [-0.25, -0.2) is 0 Å². The van der Waals surface area contributed by atoms with E-state index in [-0.39, 0.29) is 5.78 Å². The van der Waals surface area contributed by atoms with Crippen LogP contribution in [-0.4, -0.2) is 17.3 Å². The third kappa shape index (κ3) is 18.6. The summed E-state index contributed by atoms with van der Waals surface area (Å²) in [7, 11) is 0. The molecule has 0 aliphatic carbocycles. The average Bonchev–Trinajstić information content (AvgIpc) is 2.72. The van der Waals surface area contributed by atoms with Gasteiger partial charge in [-0.15, -0.1) is 12.3 Å². The standard InChI is InChI=1S/C27H46O3/c1-4-7-9-10-12-19-26(29)22-15-17-24(16-6-3)23-27(30)21-14-11-13-20-25(28)18-8-5-2/h2,24H,4,6-23H2,1,3H3. The van der Waals surface area contributed by atoms with E-state index in [4.69, 9.17) is 6.42 Å². The Hall–Kier alpha value is -1.43. The van der Waals surface area contributed by atoms with Crippen LogP contribution in [-0.2, 0) is 14.4 Å². The quantitative estimate of drug-likeness (QED) is 0.136. The van der Waals surface area contributed by atoms with Gasteiger partial charge in [0.1, 0.15) is 17.3 Å². The maximum atomic E-state index is 12.3. The van der Waals surface area contributed by atoms with Crippen molar-refractivity contribution in [1.29, 1.82) is 0 Å². The predicted molar refractivity (Wildman–Crippen MR) is 126 cm³/mol. The highest BCUT2D eigenvalue weighted by Gasteiger charge is 2.14. The van der Waals surface area contributed by atoms with Gasteiger partial charge in [0.25, 0.3) is 0 Å². The van der Waals surface area contributed by atoms with Crippen molar-refractivity contribution in [3.8, 4) is 12.3 Å². The fraction of sp³-hybridized carbons (Fsp3) is 0.815. The normalized spacial score (nSPS) is 11.8. The molecule has 30 heavy (non-hydrogen) atoms. The molecule has 1 atom stereocenters. The molecule has 172 valence electrons. The number of carbonyl (C=O) groups is 3. The first kappa shape index (κ1) is 28.6. The lowest BCUT2D eigenvalue weighted by atomic mass is 9.90. The summed E-state index contributed by atoms with van der Waals surface area (Å²) >= 11 is 0. The minimum atomic E-state index is 0.234. The summed E-state index contributed by atoms with van der Waals surface area (Å²) in [6, 6.07) is 0. The molecule has 3 nitrogen and oxygen atoms in total. The average molecular weight is 419 g/mol. The second kappa shape index (κ2) is 20.8. The predicted octanol–water partition coefficient (Wildman–Crippen LogP) is 7.39. The molecule has 0 radical (unpaired) electrons. The third-order valence-electron chi connectivity index (χ3n) is 5.80. The van der Waals surface area contributed by atoms with Crippen LogP contribution < -0.4 is 0 Å². The van der Waals surface area contributed by atoms with E-state index in [2.05, 4.69) is 19.8 Å². The van der Waals surface area contributed by atoms with Crippen LogP contribution in [0.3, 0.4) is 0 Å². The second-order valence-electron chi connectivity index (χ2n) is 8.80. The summed E-state index contributed by atoms with van der Waals surface area (Å²) in [4.78, 5) is 36.0. The van der Waals surface area contributed by atoms with Gasteiger partial charge in [0.05, 0.1) is 0 Å². The SMILES string of the molecule is C#CCCC(=O)CCCCCC(=O)CC(CCC)CCCC(=O)CCCCCCC. The number of ketones is 3. The molecule has 0 aliphatic rings. The number of hydrogen-bond acceptors (Lipinski definition) is 3. The molecule has 0 spiro atoms. The van der Waals surface area contributed by atoms with Crippen LogP contribution in [0.4, 0.5) is 0 Å². The van der Waals surface area contributed by atoms with Crippen molar-refractivity contribution in [2.75, 3.05) is 0 Å². The van der Waals surface area contributed by atoms with Crippen molar-refractivity contribution >= 4 is 17.3 Å². The van der Waals surface area contributed by atoms with E-state index in [9.17, 15) is 14.4 Å². The zero-order chi connectivity index (χ0) is 22.5. The highest BCUT2D eigenvalue weighted by Crippen LogP contribution is 2.21. The van der Waals surface area contributed by atoms with Crippen molar-refractivity contribution in [3.05, 3.63) is 0 Å². The van der Waals surface area contributed by atoms with Gasteiger partial charge in [-0.1, -0.05) is 58.8 Å². The largest absolute Gasteiger partial charge is 0.300 e. The molecule has 0 N–H and O–H groups in total. The van der Waals surface area contributed by atoms with Gasteiger partial charge in [-0.2, -0.15) is 0 Å². The lowest BCUT2D eigenvalue weighted by Gasteiger charge is -2.15. The van der Waals surface area contributed by atoms with Gasteiger partial charge < -0.3 is 0 Å². The molecule has 0 heterocycles. The van der Waals surface area contributed by atoms with E-state index in [1.54, 1.807) is 0 Å². The van der Waals surface area contributed by atoms with Crippen LogP contribution in [0, 0.1) is 18.3 Å². The highest BCUT2D eigenvalue weighted by molar-refractivity contribution is 5.79. The highest BCUT2D eigenvalue weighted by atomic mass is 16.1. The summed E-state index contributed by atoms with van der Waals surface area (Å²) in [6.45, 7) is 4.37.